The normalized spacial score (nSPS) is 13.0. The molecule has 0 spiro atoms. The first kappa shape index (κ1) is 18.1. The third-order valence-corrected chi connectivity index (χ3v) is 4.19. The van der Waals surface area contributed by atoms with E-state index in [4.69, 9.17) is 15.2 Å². The van der Waals surface area contributed by atoms with Crippen LogP contribution in [0.2, 0.25) is 0 Å². The number of nitrogen functional groups attached to an aromatic ring is 1. The van der Waals surface area contributed by atoms with Crippen molar-refractivity contribution in [1.29, 1.82) is 0 Å². The molecule has 1 heterocycles. The van der Waals surface area contributed by atoms with Crippen molar-refractivity contribution in [3.8, 4) is 11.5 Å². The molecule has 0 saturated heterocycles. The van der Waals surface area contributed by atoms with Gasteiger partial charge in [0.15, 0.2) is 0 Å². The Morgan fingerprint density at radius 2 is 1.85 bits per heavy atom. The van der Waals surface area contributed by atoms with Gasteiger partial charge in [-0.05, 0) is 55.8 Å². The van der Waals surface area contributed by atoms with E-state index in [1.54, 1.807) is 0 Å². The highest BCUT2D eigenvalue weighted by molar-refractivity contribution is 5.94. The third-order valence-electron chi connectivity index (χ3n) is 4.19. The molecular weight excluding hydrogens is 330 g/mol. The summed E-state index contributed by atoms with van der Waals surface area (Å²) in [6, 6.07) is 13.2. The quantitative estimate of drug-likeness (QED) is 0.475. The Bertz CT molecular complexity index is 732. The van der Waals surface area contributed by atoms with Crippen LogP contribution in [0.15, 0.2) is 42.5 Å². The second kappa shape index (κ2) is 9.10. The molecule has 0 aromatic heterocycles. The van der Waals surface area contributed by atoms with E-state index in [1.165, 1.54) is 0 Å². The molecule has 6 nitrogen and oxygen atoms in total. The molecule has 1 aliphatic heterocycles. The second-order valence-electron chi connectivity index (χ2n) is 6.20. The first-order valence-corrected chi connectivity index (χ1v) is 8.96. The Morgan fingerprint density at radius 1 is 1.00 bits per heavy atom. The van der Waals surface area contributed by atoms with Crippen LogP contribution >= 0.6 is 0 Å². The highest BCUT2D eigenvalue weighted by Crippen LogP contribution is 2.30. The number of benzene rings is 2. The highest BCUT2D eigenvalue weighted by atomic mass is 16.5. The van der Waals surface area contributed by atoms with Gasteiger partial charge in [0.25, 0.3) is 0 Å². The number of carbonyl (C=O) groups is 1. The zero-order chi connectivity index (χ0) is 18.2. The minimum Gasteiger partial charge on any atom is -0.494 e. The van der Waals surface area contributed by atoms with Gasteiger partial charge in [-0.1, -0.05) is 6.07 Å². The lowest BCUT2D eigenvalue weighted by molar-refractivity contribution is -0.116. The number of ether oxygens (including phenoxy) is 2. The third kappa shape index (κ3) is 5.13. The smallest absolute Gasteiger partial charge is 0.224 e. The van der Waals surface area contributed by atoms with Gasteiger partial charge in [-0.15, -0.1) is 0 Å². The van der Waals surface area contributed by atoms with Crippen LogP contribution in [0.5, 0.6) is 11.5 Å². The van der Waals surface area contributed by atoms with Crippen LogP contribution in [0, 0.1) is 0 Å². The summed E-state index contributed by atoms with van der Waals surface area (Å²) in [6.45, 7) is 2.87. The summed E-state index contributed by atoms with van der Waals surface area (Å²) < 4.78 is 11.5. The van der Waals surface area contributed by atoms with E-state index in [1.807, 2.05) is 42.5 Å². The summed E-state index contributed by atoms with van der Waals surface area (Å²) in [6.07, 6.45) is 2.16. The molecule has 4 N–H and O–H groups in total. The standard InChI is InChI=1S/C20H25N3O3/c21-15-5-7-16(8-6-15)25-13-2-11-22-12-14-26-19-4-1-3-18-17(19)9-10-20(24)23-18/h1,3-8,22H,2,9-14,21H2,(H,23,24). The van der Waals surface area contributed by atoms with Crippen LogP contribution in [-0.2, 0) is 11.2 Å². The van der Waals surface area contributed by atoms with Gasteiger partial charge in [-0.2, -0.15) is 0 Å². The van der Waals surface area contributed by atoms with Gasteiger partial charge >= 0.3 is 0 Å². The summed E-state index contributed by atoms with van der Waals surface area (Å²) in [7, 11) is 0. The van der Waals surface area contributed by atoms with Gasteiger partial charge in [0.1, 0.15) is 18.1 Å². The first-order valence-electron chi connectivity index (χ1n) is 8.96. The van der Waals surface area contributed by atoms with Crippen LogP contribution in [0.1, 0.15) is 18.4 Å². The number of rotatable bonds is 9. The Hall–Kier alpha value is -2.73. The molecular formula is C20H25N3O3. The van der Waals surface area contributed by atoms with Crippen molar-refractivity contribution in [2.45, 2.75) is 19.3 Å². The fourth-order valence-corrected chi connectivity index (χ4v) is 2.84. The molecule has 3 rings (SSSR count). The molecule has 1 aliphatic rings. The SMILES string of the molecule is Nc1ccc(OCCCNCCOc2cccc3c2CCC(=O)N3)cc1. The van der Waals surface area contributed by atoms with Gasteiger partial charge in [0, 0.05) is 29.9 Å². The molecule has 0 unspecified atom stereocenters. The fraction of sp³-hybridized carbons (Fsp3) is 0.350. The number of anilines is 2. The summed E-state index contributed by atoms with van der Waals surface area (Å²) in [5.74, 6) is 1.76. The van der Waals surface area contributed by atoms with Crippen LogP contribution in [0.4, 0.5) is 11.4 Å². The number of nitrogens with two attached hydrogens (primary N) is 1. The lowest BCUT2D eigenvalue weighted by atomic mass is 10.0. The molecule has 138 valence electrons. The van der Waals surface area contributed by atoms with E-state index in [2.05, 4.69) is 10.6 Å². The molecule has 2 aromatic carbocycles. The summed E-state index contributed by atoms with van der Waals surface area (Å²) >= 11 is 0. The Balaban J connectivity index is 1.30. The molecule has 0 atom stereocenters. The number of amides is 1. The largest absolute Gasteiger partial charge is 0.494 e. The van der Waals surface area contributed by atoms with Gasteiger partial charge in [-0.25, -0.2) is 0 Å². The molecule has 0 radical (unpaired) electrons. The van der Waals surface area contributed by atoms with Gasteiger partial charge < -0.3 is 25.8 Å². The molecule has 0 fully saturated rings. The fourth-order valence-electron chi connectivity index (χ4n) is 2.84. The van der Waals surface area contributed by atoms with Crippen molar-refractivity contribution in [3.63, 3.8) is 0 Å². The highest BCUT2D eigenvalue weighted by Gasteiger charge is 2.17. The van der Waals surface area contributed by atoms with Gasteiger partial charge in [0.05, 0.1) is 6.61 Å². The zero-order valence-electron chi connectivity index (χ0n) is 14.8. The van der Waals surface area contributed by atoms with Crippen molar-refractivity contribution in [3.05, 3.63) is 48.0 Å². The van der Waals surface area contributed by atoms with E-state index in [-0.39, 0.29) is 5.91 Å². The molecule has 0 bridgehead atoms. The Morgan fingerprint density at radius 3 is 2.69 bits per heavy atom. The van der Waals surface area contributed by atoms with E-state index in [0.717, 1.165) is 54.4 Å². The molecule has 2 aromatic rings. The number of nitrogens with one attached hydrogen (secondary N) is 2. The van der Waals surface area contributed by atoms with Crippen molar-refractivity contribution in [1.82, 2.24) is 5.32 Å². The summed E-state index contributed by atoms with van der Waals surface area (Å²) in [5.41, 5.74) is 8.33. The zero-order valence-corrected chi connectivity index (χ0v) is 14.8. The molecule has 0 saturated carbocycles. The molecule has 6 heteroatoms. The first-order chi connectivity index (χ1) is 12.7. The summed E-state index contributed by atoms with van der Waals surface area (Å²) in [4.78, 5) is 11.5. The van der Waals surface area contributed by atoms with Gasteiger partial charge in [-0.3, -0.25) is 4.79 Å². The van der Waals surface area contributed by atoms with Crippen LogP contribution in [0.25, 0.3) is 0 Å². The minimum absolute atomic E-state index is 0.0671. The second-order valence-corrected chi connectivity index (χ2v) is 6.20. The average molecular weight is 355 g/mol. The molecule has 1 amide bonds. The van der Waals surface area contributed by atoms with E-state index < -0.39 is 0 Å². The van der Waals surface area contributed by atoms with Crippen molar-refractivity contribution in [2.75, 3.05) is 37.4 Å². The lowest BCUT2D eigenvalue weighted by Crippen LogP contribution is -2.24. The lowest BCUT2D eigenvalue weighted by Gasteiger charge is -2.20. The number of hydrogen-bond acceptors (Lipinski definition) is 5. The Kier molecular flexibility index (Phi) is 6.33. The van der Waals surface area contributed by atoms with E-state index in [9.17, 15) is 4.79 Å². The topological polar surface area (TPSA) is 85.6 Å². The predicted octanol–water partition coefficient (Wildman–Crippen LogP) is 2.59. The minimum atomic E-state index is 0.0671. The Labute approximate surface area is 153 Å². The number of carbonyl (C=O) groups excluding carboxylic acids is 1. The van der Waals surface area contributed by atoms with E-state index >= 15 is 0 Å². The predicted molar refractivity (Wildman–Crippen MR) is 103 cm³/mol. The van der Waals surface area contributed by atoms with E-state index in [0.29, 0.717) is 19.6 Å². The van der Waals surface area contributed by atoms with Gasteiger partial charge in [0.2, 0.25) is 5.91 Å². The van der Waals surface area contributed by atoms with Crippen LogP contribution < -0.4 is 25.8 Å². The van der Waals surface area contributed by atoms with Crippen molar-refractivity contribution >= 4 is 17.3 Å². The van der Waals surface area contributed by atoms with Crippen molar-refractivity contribution in [2.24, 2.45) is 0 Å². The van der Waals surface area contributed by atoms with Crippen molar-refractivity contribution < 1.29 is 14.3 Å². The number of hydrogen-bond donors (Lipinski definition) is 3. The van der Waals surface area contributed by atoms with Crippen LogP contribution in [-0.4, -0.2) is 32.2 Å². The maximum Gasteiger partial charge on any atom is 0.224 e. The summed E-state index contributed by atoms with van der Waals surface area (Å²) in [5, 5.41) is 6.23. The molecule has 26 heavy (non-hydrogen) atoms. The molecule has 0 aliphatic carbocycles. The maximum atomic E-state index is 11.5. The number of fused-ring (bicyclic) bond motifs is 1. The van der Waals surface area contributed by atoms with Crippen LogP contribution in [0.3, 0.4) is 0 Å². The average Bonchev–Trinajstić information content (AvgIpc) is 2.65. The maximum absolute atomic E-state index is 11.5. The monoisotopic (exact) mass is 355 g/mol.